The Morgan fingerprint density at radius 3 is 2.83 bits per heavy atom. The number of anilines is 1. The molecule has 0 aliphatic heterocycles. The second-order valence-electron chi connectivity index (χ2n) is 4.03. The van der Waals surface area contributed by atoms with Gasteiger partial charge in [-0.3, -0.25) is 4.79 Å². The highest BCUT2D eigenvalue weighted by molar-refractivity contribution is 9.10. The summed E-state index contributed by atoms with van der Waals surface area (Å²) in [5, 5.41) is 3.31. The van der Waals surface area contributed by atoms with E-state index in [0.29, 0.717) is 6.54 Å². The van der Waals surface area contributed by atoms with Crippen LogP contribution in [0, 0.1) is 0 Å². The van der Waals surface area contributed by atoms with Gasteiger partial charge in [0, 0.05) is 29.8 Å². The summed E-state index contributed by atoms with van der Waals surface area (Å²) in [7, 11) is 0. The Morgan fingerprint density at radius 1 is 1.28 bits per heavy atom. The fourth-order valence-corrected chi connectivity index (χ4v) is 2.18. The van der Waals surface area contributed by atoms with Gasteiger partial charge in [0.15, 0.2) is 0 Å². The Bertz CT molecular complexity index is 592. The molecule has 0 fully saturated rings. The van der Waals surface area contributed by atoms with Crippen LogP contribution in [0.4, 0.5) is 5.69 Å². The molecule has 4 heteroatoms. The molecule has 0 spiro atoms. The van der Waals surface area contributed by atoms with Crippen molar-refractivity contribution < 1.29 is 0 Å². The monoisotopic (exact) mass is 306 g/mol. The van der Waals surface area contributed by atoms with Gasteiger partial charge in [-0.1, -0.05) is 28.1 Å². The number of benzene rings is 1. The predicted octanol–water partition coefficient (Wildman–Crippen LogP) is 3.24. The van der Waals surface area contributed by atoms with Crippen LogP contribution in [0.3, 0.4) is 0 Å². The molecular formula is C14H15BrN2O. The summed E-state index contributed by atoms with van der Waals surface area (Å²) >= 11 is 3.45. The van der Waals surface area contributed by atoms with Gasteiger partial charge in [0.1, 0.15) is 0 Å². The first-order valence-electron chi connectivity index (χ1n) is 5.88. The molecule has 2 aromatic rings. The molecule has 0 bridgehead atoms. The van der Waals surface area contributed by atoms with Gasteiger partial charge < -0.3 is 9.88 Å². The van der Waals surface area contributed by atoms with Crippen LogP contribution < -0.4 is 10.9 Å². The molecule has 0 saturated carbocycles. The van der Waals surface area contributed by atoms with Gasteiger partial charge in [-0.2, -0.15) is 0 Å². The van der Waals surface area contributed by atoms with Crippen LogP contribution >= 0.6 is 15.9 Å². The largest absolute Gasteiger partial charge is 0.380 e. The maximum absolute atomic E-state index is 11.5. The molecule has 0 aliphatic carbocycles. The molecule has 0 aliphatic rings. The molecule has 0 amide bonds. The molecule has 94 valence electrons. The number of hydrogen-bond acceptors (Lipinski definition) is 2. The minimum Gasteiger partial charge on any atom is -0.380 e. The van der Waals surface area contributed by atoms with Crippen molar-refractivity contribution in [1.82, 2.24) is 4.57 Å². The minimum atomic E-state index is 0.0329. The first kappa shape index (κ1) is 12.9. The number of nitrogens with zero attached hydrogens (tertiary/aromatic N) is 1. The van der Waals surface area contributed by atoms with Gasteiger partial charge >= 0.3 is 0 Å². The Morgan fingerprint density at radius 2 is 2.11 bits per heavy atom. The van der Waals surface area contributed by atoms with E-state index in [-0.39, 0.29) is 5.56 Å². The van der Waals surface area contributed by atoms with Gasteiger partial charge in [0.05, 0.1) is 5.69 Å². The van der Waals surface area contributed by atoms with Crippen molar-refractivity contribution in [1.29, 1.82) is 0 Å². The second kappa shape index (κ2) is 5.87. The minimum absolute atomic E-state index is 0.0329. The zero-order valence-corrected chi connectivity index (χ0v) is 11.8. The summed E-state index contributed by atoms with van der Waals surface area (Å²) in [5.41, 5.74) is 2.18. The quantitative estimate of drug-likeness (QED) is 0.941. The Balaban J connectivity index is 2.08. The molecule has 0 radical (unpaired) electrons. The Hall–Kier alpha value is -1.55. The maximum Gasteiger partial charge on any atom is 0.250 e. The van der Waals surface area contributed by atoms with E-state index in [9.17, 15) is 4.79 Å². The lowest BCUT2D eigenvalue weighted by molar-refractivity contribution is 0.727. The predicted molar refractivity (Wildman–Crippen MR) is 77.8 cm³/mol. The lowest BCUT2D eigenvalue weighted by atomic mass is 10.2. The number of nitrogens with one attached hydrogen (secondary N) is 1. The molecule has 0 saturated heterocycles. The van der Waals surface area contributed by atoms with Crippen molar-refractivity contribution in [2.45, 2.75) is 20.0 Å². The van der Waals surface area contributed by atoms with E-state index in [4.69, 9.17) is 0 Å². The molecule has 0 atom stereocenters. The molecule has 3 nitrogen and oxygen atoms in total. The second-order valence-corrected chi connectivity index (χ2v) is 4.94. The van der Waals surface area contributed by atoms with Crippen molar-refractivity contribution in [2.75, 3.05) is 5.32 Å². The lowest BCUT2D eigenvalue weighted by Gasteiger charge is -2.09. The van der Waals surface area contributed by atoms with E-state index in [2.05, 4.69) is 33.4 Å². The summed E-state index contributed by atoms with van der Waals surface area (Å²) < 4.78 is 2.75. The van der Waals surface area contributed by atoms with Crippen LogP contribution in [0.5, 0.6) is 0 Å². The van der Waals surface area contributed by atoms with E-state index in [1.807, 2.05) is 31.3 Å². The lowest BCUT2D eigenvalue weighted by Crippen LogP contribution is -2.17. The number of rotatable bonds is 4. The summed E-state index contributed by atoms with van der Waals surface area (Å²) in [6.07, 6.45) is 1.85. The molecule has 1 aromatic heterocycles. The van der Waals surface area contributed by atoms with Crippen molar-refractivity contribution >= 4 is 21.6 Å². The highest BCUT2D eigenvalue weighted by Gasteiger charge is 1.98. The zero-order valence-electron chi connectivity index (χ0n) is 10.2. The maximum atomic E-state index is 11.5. The van der Waals surface area contributed by atoms with Crippen molar-refractivity contribution in [2.24, 2.45) is 0 Å². The topological polar surface area (TPSA) is 34.0 Å². The normalized spacial score (nSPS) is 10.3. The van der Waals surface area contributed by atoms with Gasteiger partial charge in [-0.05, 0) is 30.7 Å². The van der Waals surface area contributed by atoms with Crippen molar-refractivity contribution in [3.8, 4) is 0 Å². The van der Waals surface area contributed by atoms with Crippen molar-refractivity contribution in [3.63, 3.8) is 0 Å². The summed E-state index contributed by atoms with van der Waals surface area (Å²) in [6, 6.07) is 11.5. The van der Waals surface area contributed by atoms with Crippen LogP contribution in [0.25, 0.3) is 0 Å². The molecule has 1 heterocycles. The average molecular weight is 307 g/mol. The van der Waals surface area contributed by atoms with E-state index < -0.39 is 0 Å². The highest BCUT2D eigenvalue weighted by atomic mass is 79.9. The molecule has 2 rings (SSSR count). The van der Waals surface area contributed by atoms with Gasteiger partial charge in [0.2, 0.25) is 0 Å². The van der Waals surface area contributed by atoms with Crippen LogP contribution in [0.1, 0.15) is 12.5 Å². The number of aromatic nitrogens is 1. The molecule has 18 heavy (non-hydrogen) atoms. The third kappa shape index (κ3) is 3.23. The van der Waals surface area contributed by atoms with Crippen LogP contribution in [0.15, 0.2) is 51.9 Å². The number of halogens is 1. The standard InChI is InChI=1S/C14H15BrN2O/c1-2-17-10-13(6-7-14(17)18)16-9-11-4-3-5-12(15)8-11/h3-8,10,16H,2,9H2,1H3. The Labute approximate surface area is 115 Å². The van der Waals surface area contributed by atoms with E-state index in [0.717, 1.165) is 16.7 Å². The SMILES string of the molecule is CCn1cc(NCc2cccc(Br)c2)ccc1=O. The fraction of sp³-hybridized carbons (Fsp3) is 0.214. The number of aryl methyl sites for hydroxylation is 1. The number of pyridine rings is 1. The average Bonchev–Trinajstić information content (AvgIpc) is 2.38. The first-order chi connectivity index (χ1) is 8.69. The number of hydrogen-bond donors (Lipinski definition) is 1. The summed E-state index contributed by atoms with van der Waals surface area (Å²) in [5.74, 6) is 0. The smallest absolute Gasteiger partial charge is 0.250 e. The van der Waals surface area contributed by atoms with Gasteiger partial charge in [-0.15, -0.1) is 0 Å². The first-order valence-corrected chi connectivity index (χ1v) is 6.67. The molecule has 0 unspecified atom stereocenters. The van der Waals surface area contributed by atoms with Gasteiger partial charge in [-0.25, -0.2) is 0 Å². The van der Waals surface area contributed by atoms with Gasteiger partial charge in [0.25, 0.3) is 5.56 Å². The van der Waals surface area contributed by atoms with E-state index >= 15 is 0 Å². The Kier molecular flexibility index (Phi) is 4.20. The molecule has 1 aromatic carbocycles. The van der Waals surface area contributed by atoms with E-state index in [1.165, 1.54) is 5.56 Å². The summed E-state index contributed by atoms with van der Waals surface area (Å²) in [4.78, 5) is 11.5. The molecular weight excluding hydrogens is 292 g/mol. The summed E-state index contributed by atoms with van der Waals surface area (Å²) in [6.45, 7) is 3.38. The zero-order chi connectivity index (χ0) is 13.0. The highest BCUT2D eigenvalue weighted by Crippen LogP contribution is 2.13. The van der Waals surface area contributed by atoms with Crippen LogP contribution in [0.2, 0.25) is 0 Å². The molecule has 1 N–H and O–H groups in total. The third-order valence-corrected chi connectivity index (χ3v) is 3.20. The van der Waals surface area contributed by atoms with Crippen LogP contribution in [-0.4, -0.2) is 4.57 Å². The van der Waals surface area contributed by atoms with E-state index in [1.54, 1.807) is 10.6 Å². The van der Waals surface area contributed by atoms with Crippen LogP contribution in [-0.2, 0) is 13.1 Å². The fourth-order valence-electron chi connectivity index (χ4n) is 1.73. The third-order valence-electron chi connectivity index (χ3n) is 2.71. The van der Waals surface area contributed by atoms with Crippen molar-refractivity contribution in [3.05, 3.63) is 63.0 Å².